The van der Waals surface area contributed by atoms with Gasteiger partial charge in [-0.1, -0.05) is 46.3 Å². The Morgan fingerprint density at radius 1 is 1.17 bits per heavy atom. The molecule has 0 radical (unpaired) electrons. The first-order chi connectivity index (χ1) is 11.2. The van der Waals surface area contributed by atoms with Crippen LogP contribution in [0.5, 0.6) is 5.75 Å². The average molecular weight is 373 g/mol. The third-order valence-electron chi connectivity index (χ3n) is 3.70. The van der Waals surface area contributed by atoms with Crippen molar-refractivity contribution in [2.45, 2.75) is 20.0 Å². The molecule has 4 nitrogen and oxygen atoms in total. The van der Waals surface area contributed by atoms with Crippen molar-refractivity contribution in [2.75, 3.05) is 5.33 Å². The minimum Gasteiger partial charge on any atom is -0.485 e. The number of hydrogen-bond acceptors (Lipinski definition) is 3. The third-order valence-corrected chi connectivity index (χ3v) is 4.10. The summed E-state index contributed by atoms with van der Waals surface area (Å²) in [4.78, 5) is 17.2. The third kappa shape index (κ3) is 3.29. The van der Waals surface area contributed by atoms with Gasteiger partial charge in [-0.25, -0.2) is 4.98 Å². The molecule has 0 saturated carbocycles. The topological polar surface area (TPSA) is 43.6 Å². The van der Waals surface area contributed by atoms with Crippen LogP contribution in [0.15, 0.2) is 53.5 Å². The normalized spacial score (nSPS) is 10.9. The van der Waals surface area contributed by atoms with E-state index < -0.39 is 0 Å². The molecular formula is C18H17BrN2O2. The van der Waals surface area contributed by atoms with E-state index in [1.54, 1.807) is 10.6 Å². The second-order valence-corrected chi connectivity index (χ2v) is 6.05. The number of rotatable bonds is 5. The van der Waals surface area contributed by atoms with Crippen molar-refractivity contribution >= 4 is 21.6 Å². The summed E-state index contributed by atoms with van der Waals surface area (Å²) in [5.41, 5.74) is 3.09. The number of ether oxygens (including phenoxy) is 1. The first kappa shape index (κ1) is 15.7. The molecule has 0 aliphatic carbocycles. The smallest absolute Gasteiger partial charge is 0.261 e. The first-order valence-electron chi connectivity index (χ1n) is 7.44. The Morgan fingerprint density at radius 3 is 2.70 bits per heavy atom. The number of pyridine rings is 1. The minimum atomic E-state index is -0.0305. The van der Waals surface area contributed by atoms with Crippen LogP contribution >= 0.6 is 15.9 Å². The van der Waals surface area contributed by atoms with Crippen molar-refractivity contribution in [2.24, 2.45) is 0 Å². The number of halogens is 1. The lowest BCUT2D eigenvalue weighted by Crippen LogP contribution is -2.22. The van der Waals surface area contributed by atoms with E-state index in [0.29, 0.717) is 24.4 Å². The van der Waals surface area contributed by atoms with Gasteiger partial charge in [0.2, 0.25) is 0 Å². The van der Waals surface area contributed by atoms with Crippen molar-refractivity contribution in [3.8, 4) is 5.75 Å². The molecule has 1 aromatic carbocycles. The van der Waals surface area contributed by atoms with Gasteiger partial charge >= 0.3 is 0 Å². The molecule has 0 saturated heterocycles. The summed E-state index contributed by atoms with van der Waals surface area (Å²) in [5.74, 6) is 0.613. The number of aromatic nitrogens is 2. The quantitative estimate of drug-likeness (QED) is 0.643. The van der Waals surface area contributed by atoms with Crippen molar-refractivity contribution in [1.29, 1.82) is 0 Å². The summed E-state index contributed by atoms with van der Waals surface area (Å²) < 4.78 is 7.44. The van der Waals surface area contributed by atoms with Gasteiger partial charge in [0.15, 0.2) is 11.4 Å². The van der Waals surface area contributed by atoms with Gasteiger partial charge in [-0.15, -0.1) is 0 Å². The molecule has 23 heavy (non-hydrogen) atoms. The van der Waals surface area contributed by atoms with E-state index >= 15 is 0 Å². The Bertz CT molecular complexity index is 875. The maximum atomic E-state index is 12.6. The molecule has 5 heteroatoms. The van der Waals surface area contributed by atoms with Crippen LogP contribution in [0.25, 0.3) is 5.65 Å². The number of benzene rings is 1. The summed E-state index contributed by atoms with van der Waals surface area (Å²) in [6, 6.07) is 13.6. The molecule has 0 aliphatic rings. The highest BCUT2D eigenvalue weighted by atomic mass is 79.9. The summed E-state index contributed by atoms with van der Waals surface area (Å²) >= 11 is 3.38. The predicted molar refractivity (Wildman–Crippen MR) is 94.5 cm³/mol. The monoisotopic (exact) mass is 372 g/mol. The van der Waals surface area contributed by atoms with E-state index in [0.717, 1.165) is 22.2 Å². The fourth-order valence-corrected chi connectivity index (χ4v) is 2.91. The van der Waals surface area contributed by atoms with E-state index in [4.69, 9.17) is 4.74 Å². The van der Waals surface area contributed by atoms with Crippen LogP contribution in [0.1, 0.15) is 16.8 Å². The van der Waals surface area contributed by atoms with Crippen LogP contribution in [0.3, 0.4) is 0 Å². The van der Waals surface area contributed by atoms with Crippen LogP contribution in [-0.2, 0) is 13.0 Å². The first-order valence-corrected chi connectivity index (χ1v) is 8.56. The summed E-state index contributed by atoms with van der Waals surface area (Å²) in [6.45, 7) is 2.31. The maximum absolute atomic E-state index is 12.6. The SMILES string of the molecule is Cc1nc2c(OCc3ccccc3)cccn2c(=O)c1CCBr. The fourth-order valence-electron chi connectivity index (χ4n) is 2.51. The molecule has 0 fully saturated rings. The molecule has 0 unspecified atom stereocenters. The second kappa shape index (κ2) is 6.96. The van der Waals surface area contributed by atoms with Gasteiger partial charge in [0, 0.05) is 22.8 Å². The summed E-state index contributed by atoms with van der Waals surface area (Å²) in [5, 5.41) is 0.737. The van der Waals surface area contributed by atoms with E-state index in [2.05, 4.69) is 20.9 Å². The molecule has 118 valence electrons. The molecule has 3 rings (SSSR count). The molecule has 2 heterocycles. The number of alkyl halides is 1. The molecular weight excluding hydrogens is 356 g/mol. The van der Waals surface area contributed by atoms with E-state index in [9.17, 15) is 4.79 Å². The Labute approximate surface area is 142 Å². The zero-order valence-electron chi connectivity index (χ0n) is 12.8. The predicted octanol–water partition coefficient (Wildman–Crippen LogP) is 3.52. The van der Waals surface area contributed by atoms with Crippen molar-refractivity contribution in [3.05, 3.63) is 75.8 Å². The van der Waals surface area contributed by atoms with Gasteiger partial charge in [-0.2, -0.15) is 0 Å². The van der Waals surface area contributed by atoms with E-state index in [1.807, 2.05) is 49.4 Å². The van der Waals surface area contributed by atoms with Crippen LogP contribution in [0, 0.1) is 6.92 Å². The largest absolute Gasteiger partial charge is 0.485 e. The lowest BCUT2D eigenvalue weighted by molar-refractivity contribution is 0.308. The zero-order valence-corrected chi connectivity index (χ0v) is 14.4. The van der Waals surface area contributed by atoms with Gasteiger partial charge in [-0.3, -0.25) is 9.20 Å². The molecule has 2 aromatic heterocycles. The van der Waals surface area contributed by atoms with E-state index in [1.165, 1.54) is 0 Å². The second-order valence-electron chi connectivity index (χ2n) is 5.26. The Hall–Kier alpha value is -2.14. The number of fused-ring (bicyclic) bond motifs is 1. The molecule has 0 spiro atoms. The Morgan fingerprint density at radius 2 is 1.96 bits per heavy atom. The average Bonchev–Trinajstić information content (AvgIpc) is 2.58. The number of hydrogen-bond donors (Lipinski definition) is 0. The molecule has 0 N–H and O–H groups in total. The lowest BCUT2D eigenvalue weighted by Gasteiger charge is -2.12. The maximum Gasteiger partial charge on any atom is 0.261 e. The highest BCUT2D eigenvalue weighted by Crippen LogP contribution is 2.19. The highest BCUT2D eigenvalue weighted by molar-refractivity contribution is 9.09. The molecule has 0 bridgehead atoms. The molecule has 0 aliphatic heterocycles. The lowest BCUT2D eigenvalue weighted by atomic mass is 10.2. The van der Waals surface area contributed by atoms with Crippen LogP contribution in [0.4, 0.5) is 0 Å². The Kier molecular flexibility index (Phi) is 4.76. The van der Waals surface area contributed by atoms with E-state index in [-0.39, 0.29) is 5.56 Å². The van der Waals surface area contributed by atoms with Crippen LogP contribution < -0.4 is 10.3 Å². The Balaban J connectivity index is 2.00. The number of nitrogens with zero attached hydrogens (tertiary/aromatic N) is 2. The van der Waals surface area contributed by atoms with Gasteiger partial charge < -0.3 is 4.74 Å². The minimum absolute atomic E-state index is 0.0305. The van der Waals surface area contributed by atoms with Gasteiger partial charge in [0.05, 0.1) is 0 Å². The standard InChI is InChI=1S/C18H17BrN2O2/c1-13-15(9-10-19)18(22)21-11-5-8-16(17(21)20-13)23-12-14-6-3-2-4-7-14/h2-8,11H,9-10,12H2,1H3. The van der Waals surface area contributed by atoms with Gasteiger partial charge in [-0.05, 0) is 31.0 Å². The molecule has 0 atom stereocenters. The van der Waals surface area contributed by atoms with Gasteiger partial charge in [0.25, 0.3) is 5.56 Å². The van der Waals surface area contributed by atoms with Crippen molar-refractivity contribution < 1.29 is 4.74 Å². The van der Waals surface area contributed by atoms with Crippen molar-refractivity contribution in [1.82, 2.24) is 9.38 Å². The highest BCUT2D eigenvalue weighted by Gasteiger charge is 2.12. The number of aryl methyl sites for hydroxylation is 1. The summed E-state index contributed by atoms with van der Waals surface area (Å²) in [6.07, 6.45) is 2.40. The molecule has 3 aromatic rings. The van der Waals surface area contributed by atoms with Crippen molar-refractivity contribution in [3.63, 3.8) is 0 Å². The van der Waals surface area contributed by atoms with Crippen LogP contribution in [-0.4, -0.2) is 14.7 Å². The van der Waals surface area contributed by atoms with Crippen LogP contribution in [0.2, 0.25) is 0 Å². The fraction of sp³-hybridized carbons (Fsp3) is 0.222. The summed E-state index contributed by atoms with van der Waals surface area (Å²) in [7, 11) is 0. The molecule has 0 amide bonds. The zero-order chi connectivity index (χ0) is 16.2. The van der Waals surface area contributed by atoms with Gasteiger partial charge in [0.1, 0.15) is 6.61 Å².